The van der Waals surface area contributed by atoms with Crippen molar-refractivity contribution in [2.45, 2.75) is 27.3 Å². The fraction of sp³-hybridized carbons (Fsp3) is 0.222. The number of nitrogens with one attached hydrogen (secondary N) is 1. The molecule has 112 valence electrons. The fourth-order valence-corrected chi connectivity index (χ4v) is 2.58. The monoisotopic (exact) mass is 293 g/mol. The van der Waals surface area contributed by atoms with Crippen molar-refractivity contribution >= 4 is 11.3 Å². The van der Waals surface area contributed by atoms with Crippen LogP contribution in [0, 0.1) is 20.8 Å². The van der Waals surface area contributed by atoms with Crippen LogP contribution in [0.5, 0.6) is 0 Å². The van der Waals surface area contributed by atoms with Crippen LogP contribution < -0.4 is 10.9 Å². The first-order chi connectivity index (χ1) is 10.6. The topological polar surface area (TPSA) is 46.4 Å². The van der Waals surface area contributed by atoms with Gasteiger partial charge >= 0.3 is 0 Å². The number of aryl methyl sites for hydroxylation is 2. The maximum Gasteiger partial charge on any atom is 0.258 e. The molecule has 0 aliphatic heterocycles. The third-order valence-corrected chi connectivity index (χ3v) is 4.00. The molecule has 0 unspecified atom stereocenters. The van der Waals surface area contributed by atoms with Crippen molar-refractivity contribution in [1.29, 1.82) is 0 Å². The molecule has 2 aromatic heterocycles. The first-order valence-electron chi connectivity index (χ1n) is 7.34. The van der Waals surface area contributed by atoms with E-state index in [4.69, 9.17) is 0 Å². The molecule has 0 aliphatic carbocycles. The molecular formula is C18H19N3O. The van der Waals surface area contributed by atoms with Gasteiger partial charge in [0.2, 0.25) is 0 Å². The molecule has 2 heterocycles. The molecule has 0 radical (unpaired) electrons. The number of hydrogen-bond donors (Lipinski definition) is 1. The number of benzene rings is 1. The van der Waals surface area contributed by atoms with Gasteiger partial charge in [-0.15, -0.1) is 0 Å². The molecule has 3 rings (SSSR count). The molecule has 0 bridgehead atoms. The SMILES string of the molecule is Cc1cccc(NCc2cc(=O)n3c(C)cccc3n2)c1C. The van der Waals surface area contributed by atoms with Crippen molar-refractivity contribution in [3.8, 4) is 0 Å². The predicted molar refractivity (Wildman–Crippen MR) is 89.4 cm³/mol. The molecule has 1 N–H and O–H groups in total. The number of aromatic nitrogens is 2. The van der Waals surface area contributed by atoms with Crippen LogP contribution >= 0.6 is 0 Å². The van der Waals surface area contributed by atoms with Crippen LogP contribution in [-0.2, 0) is 6.54 Å². The first kappa shape index (κ1) is 14.3. The Morgan fingerprint density at radius 3 is 2.68 bits per heavy atom. The molecule has 0 spiro atoms. The van der Waals surface area contributed by atoms with Crippen LogP contribution in [-0.4, -0.2) is 9.38 Å². The average Bonchev–Trinajstić information content (AvgIpc) is 2.48. The van der Waals surface area contributed by atoms with Gasteiger partial charge < -0.3 is 5.32 Å². The highest BCUT2D eigenvalue weighted by molar-refractivity contribution is 5.54. The summed E-state index contributed by atoms with van der Waals surface area (Å²) >= 11 is 0. The van der Waals surface area contributed by atoms with Crippen molar-refractivity contribution in [3.05, 3.63) is 75.3 Å². The Hall–Kier alpha value is -2.62. The van der Waals surface area contributed by atoms with Crippen LogP contribution in [0.1, 0.15) is 22.5 Å². The van der Waals surface area contributed by atoms with Crippen molar-refractivity contribution in [3.63, 3.8) is 0 Å². The predicted octanol–water partition coefficient (Wildman–Crippen LogP) is 3.23. The minimum Gasteiger partial charge on any atom is -0.379 e. The highest BCUT2D eigenvalue weighted by atomic mass is 16.1. The Labute approximate surface area is 129 Å². The summed E-state index contributed by atoms with van der Waals surface area (Å²) in [6, 6.07) is 13.4. The molecular weight excluding hydrogens is 274 g/mol. The van der Waals surface area contributed by atoms with Gasteiger partial charge in [-0.2, -0.15) is 0 Å². The van der Waals surface area contributed by atoms with Gasteiger partial charge in [-0.1, -0.05) is 18.2 Å². The van der Waals surface area contributed by atoms with E-state index >= 15 is 0 Å². The summed E-state index contributed by atoms with van der Waals surface area (Å²) in [4.78, 5) is 16.8. The molecule has 4 heteroatoms. The zero-order chi connectivity index (χ0) is 15.7. The van der Waals surface area contributed by atoms with E-state index in [9.17, 15) is 4.79 Å². The average molecular weight is 293 g/mol. The summed E-state index contributed by atoms with van der Waals surface area (Å²) in [5.41, 5.74) is 5.82. The minimum absolute atomic E-state index is 0.0409. The lowest BCUT2D eigenvalue weighted by atomic mass is 10.1. The largest absolute Gasteiger partial charge is 0.379 e. The number of pyridine rings is 1. The minimum atomic E-state index is -0.0409. The van der Waals surface area contributed by atoms with Gasteiger partial charge in [-0.25, -0.2) is 4.98 Å². The van der Waals surface area contributed by atoms with E-state index in [1.165, 1.54) is 11.1 Å². The zero-order valence-electron chi connectivity index (χ0n) is 13.1. The summed E-state index contributed by atoms with van der Waals surface area (Å²) < 4.78 is 1.63. The molecule has 0 fully saturated rings. The fourth-order valence-electron chi connectivity index (χ4n) is 2.58. The molecule has 3 aromatic rings. The second kappa shape index (κ2) is 5.64. The number of hydrogen-bond acceptors (Lipinski definition) is 3. The van der Waals surface area contributed by atoms with Gasteiger partial charge in [0.15, 0.2) is 0 Å². The highest BCUT2D eigenvalue weighted by Gasteiger charge is 2.05. The van der Waals surface area contributed by atoms with Gasteiger partial charge in [0.1, 0.15) is 5.65 Å². The highest BCUT2D eigenvalue weighted by Crippen LogP contribution is 2.18. The summed E-state index contributed by atoms with van der Waals surface area (Å²) in [5.74, 6) is 0. The summed E-state index contributed by atoms with van der Waals surface area (Å²) in [6.45, 7) is 6.61. The quantitative estimate of drug-likeness (QED) is 0.806. The van der Waals surface area contributed by atoms with E-state index in [0.717, 1.165) is 17.1 Å². The standard InChI is InChI=1S/C18H19N3O/c1-12-6-4-8-16(14(12)3)19-11-15-10-18(22)21-13(2)7-5-9-17(21)20-15/h4-10,19H,11H2,1-3H3. The van der Waals surface area contributed by atoms with Crippen molar-refractivity contribution in [1.82, 2.24) is 9.38 Å². The van der Waals surface area contributed by atoms with Crippen molar-refractivity contribution in [2.75, 3.05) is 5.32 Å². The number of fused-ring (bicyclic) bond motifs is 1. The zero-order valence-corrected chi connectivity index (χ0v) is 13.1. The molecule has 0 saturated heterocycles. The van der Waals surface area contributed by atoms with Gasteiger partial charge in [-0.3, -0.25) is 9.20 Å². The van der Waals surface area contributed by atoms with E-state index < -0.39 is 0 Å². The van der Waals surface area contributed by atoms with E-state index in [-0.39, 0.29) is 5.56 Å². The molecule has 1 aromatic carbocycles. The molecule has 0 saturated carbocycles. The molecule has 0 aliphatic rings. The second-order valence-electron chi connectivity index (χ2n) is 5.55. The Bertz CT molecular complexity index is 896. The second-order valence-corrected chi connectivity index (χ2v) is 5.55. The summed E-state index contributed by atoms with van der Waals surface area (Å²) in [6.07, 6.45) is 0. The summed E-state index contributed by atoms with van der Waals surface area (Å²) in [5, 5.41) is 3.37. The lowest BCUT2D eigenvalue weighted by Gasteiger charge is -2.12. The van der Waals surface area contributed by atoms with Gasteiger partial charge in [0, 0.05) is 17.4 Å². The van der Waals surface area contributed by atoms with Crippen molar-refractivity contribution < 1.29 is 0 Å². The van der Waals surface area contributed by atoms with Crippen LogP contribution in [0.2, 0.25) is 0 Å². The smallest absolute Gasteiger partial charge is 0.258 e. The lowest BCUT2D eigenvalue weighted by Crippen LogP contribution is -2.18. The van der Waals surface area contributed by atoms with Crippen LogP contribution in [0.3, 0.4) is 0 Å². The van der Waals surface area contributed by atoms with E-state index in [0.29, 0.717) is 12.2 Å². The Morgan fingerprint density at radius 2 is 1.86 bits per heavy atom. The number of nitrogens with zero attached hydrogens (tertiary/aromatic N) is 2. The van der Waals surface area contributed by atoms with Crippen LogP contribution in [0.4, 0.5) is 5.69 Å². The van der Waals surface area contributed by atoms with Crippen LogP contribution in [0.25, 0.3) is 5.65 Å². The normalized spacial score (nSPS) is 10.9. The van der Waals surface area contributed by atoms with E-state index in [1.54, 1.807) is 10.5 Å². The third kappa shape index (κ3) is 2.60. The third-order valence-electron chi connectivity index (χ3n) is 4.00. The summed E-state index contributed by atoms with van der Waals surface area (Å²) in [7, 11) is 0. The Kier molecular flexibility index (Phi) is 3.67. The first-order valence-corrected chi connectivity index (χ1v) is 7.34. The Balaban J connectivity index is 1.92. The molecule has 22 heavy (non-hydrogen) atoms. The van der Waals surface area contributed by atoms with Crippen LogP contribution in [0.15, 0.2) is 47.3 Å². The van der Waals surface area contributed by atoms with E-state index in [2.05, 4.69) is 30.2 Å². The van der Waals surface area contributed by atoms with Gasteiger partial charge in [0.25, 0.3) is 5.56 Å². The van der Waals surface area contributed by atoms with Gasteiger partial charge in [0.05, 0.1) is 12.2 Å². The molecule has 4 nitrogen and oxygen atoms in total. The number of anilines is 1. The Morgan fingerprint density at radius 1 is 1.09 bits per heavy atom. The molecule has 0 atom stereocenters. The maximum absolute atomic E-state index is 12.2. The van der Waals surface area contributed by atoms with E-state index in [1.807, 2.05) is 37.3 Å². The maximum atomic E-state index is 12.2. The van der Waals surface area contributed by atoms with Crippen molar-refractivity contribution in [2.24, 2.45) is 0 Å². The lowest BCUT2D eigenvalue weighted by molar-refractivity contribution is 0.942. The number of rotatable bonds is 3. The molecule has 0 amide bonds. The van der Waals surface area contributed by atoms with Gasteiger partial charge in [-0.05, 0) is 50.1 Å².